The lowest BCUT2D eigenvalue weighted by atomic mass is 10.2. The second-order valence-corrected chi connectivity index (χ2v) is 3.77. The molecule has 1 rings (SSSR count). The summed E-state index contributed by atoms with van der Waals surface area (Å²) in [5.74, 6) is -1.47. The van der Waals surface area contributed by atoms with Crippen LogP contribution in [0, 0.1) is 0 Å². The number of hydrogen-bond acceptors (Lipinski definition) is 4. The zero-order valence-corrected chi connectivity index (χ0v) is 9.92. The Labute approximate surface area is 104 Å². The van der Waals surface area contributed by atoms with Gasteiger partial charge in [-0.15, -0.1) is 0 Å². The van der Waals surface area contributed by atoms with E-state index in [1.54, 1.807) is 31.2 Å². The van der Waals surface area contributed by atoms with Crippen LogP contribution < -0.4 is 10.1 Å². The zero-order valence-electron chi connectivity index (χ0n) is 9.92. The highest BCUT2D eigenvalue weighted by Crippen LogP contribution is 2.12. The molecule has 0 radical (unpaired) electrons. The molecule has 0 saturated carbocycles. The highest BCUT2D eigenvalue weighted by molar-refractivity contribution is 5.72. The average molecular weight is 253 g/mol. The molecule has 6 heteroatoms. The van der Waals surface area contributed by atoms with E-state index in [9.17, 15) is 9.59 Å². The highest BCUT2D eigenvalue weighted by atomic mass is 16.5. The number of nitrogens with one attached hydrogen (secondary N) is 1. The molecule has 0 saturated heterocycles. The number of benzene rings is 1. The van der Waals surface area contributed by atoms with Crippen LogP contribution in [0.4, 0.5) is 0 Å². The summed E-state index contributed by atoms with van der Waals surface area (Å²) in [6.45, 7) is 1.60. The van der Waals surface area contributed by atoms with Crippen LogP contribution in [0.1, 0.15) is 12.5 Å². The number of carbonyl (C=O) groups is 2. The third kappa shape index (κ3) is 4.84. The number of ether oxygens (including phenoxy) is 1. The molecule has 0 aliphatic carbocycles. The monoisotopic (exact) mass is 253 g/mol. The second-order valence-electron chi connectivity index (χ2n) is 3.77. The molecule has 98 valence electrons. The van der Waals surface area contributed by atoms with Crippen molar-refractivity contribution in [1.82, 2.24) is 5.32 Å². The molecule has 0 aliphatic heterocycles. The summed E-state index contributed by atoms with van der Waals surface area (Å²) < 4.78 is 4.97. The molecule has 0 aromatic heterocycles. The second kappa shape index (κ2) is 6.61. The molecule has 0 bridgehead atoms. The molecule has 0 heterocycles. The van der Waals surface area contributed by atoms with Gasteiger partial charge in [0.25, 0.3) is 0 Å². The Bertz CT molecular complexity index is 415. The summed E-state index contributed by atoms with van der Waals surface area (Å²) in [4.78, 5) is 20.9. The van der Waals surface area contributed by atoms with Gasteiger partial charge in [-0.25, -0.2) is 4.79 Å². The van der Waals surface area contributed by atoms with E-state index in [1.807, 2.05) is 0 Å². The van der Waals surface area contributed by atoms with Crippen molar-refractivity contribution in [2.75, 3.05) is 6.61 Å². The van der Waals surface area contributed by atoms with Gasteiger partial charge in [0.2, 0.25) is 0 Å². The Morgan fingerprint density at radius 1 is 1.28 bits per heavy atom. The van der Waals surface area contributed by atoms with Crippen LogP contribution >= 0.6 is 0 Å². The van der Waals surface area contributed by atoms with Crippen molar-refractivity contribution in [2.24, 2.45) is 0 Å². The average Bonchev–Trinajstić information content (AvgIpc) is 2.34. The van der Waals surface area contributed by atoms with Gasteiger partial charge in [-0.1, -0.05) is 12.1 Å². The highest BCUT2D eigenvalue weighted by Gasteiger charge is 2.09. The summed E-state index contributed by atoms with van der Waals surface area (Å²) in [6.07, 6.45) is 0. The molecule has 1 atom stereocenters. The lowest BCUT2D eigenvalue weighted by molar-refractivity contribution is -0.140. The molecule has 1 aromatic carbocycles. The van der Waals surface area contributed by atoms with Crippen molar-refractivity contribution in [3.8, 4) is 5.75 Å². The zero-order chi connectivity index (χ0) is 13.5. The molecule has 6 nitrogen and oxygen atoms in total. The number of carboxylic acids is 2. The van der Waals surface area contributed by atoms with Crippen molar-refractivity contribution in [3.63, 3.8) is 0 Å². The normalized spacial score (nSPS) is 11.8. The van der Waals surface area contributed by atoms with Gasteiger partial charge < -0.3 is 20.3 Å². The van der Waals surface area contributed by atoms with E-state index < -0.39 is 18.0 Å². The molecule has 18 heavy (non-hydrogen) atoms. The van der Waals surface area contributed by atoms with Crippen molar-refractivity contribution in [1.29, 1.82) is 0 Å². The largest absolute Gasteiger partial charge is 0.482 e. The van der Waals surface area contributed by atoms with Crippen LogP contribution in [0.15, 0.2) is 24.3 Å². The molecular weight excluding hydrogens is 238 g/mol. The molecule has 1 unspecified atom stereocenters. The van der Waals surface area contributed by atoms with Crippen molar-refractivity contribution < 1.29 is 24.5 Å². The molecule has 0 fully saturated rings. The van der Waals surface area contributed by atoms with Crippen LogP contribution in [0.5, 0.6) is 5.75 Å². The molecule has 0 aliphatic rings. The first-order chi connectivity index (χ1) is 8.49. The van der Waals surface area contributed by atoms with Gasteiger partial charge in [-0.3, -0.25) is 4.79 Å². The van der Waals surface area contributed by atoms with E-state index in [0.717, 1.165) is 5.56 Å². The Kier molecular flexibility index (Phi) is 5.13. The summed E-state index contributed by atoms with van der Waals surface area (Å²) in [7, 11) is 0. The Morgan fingerprint density at radius 3 is 2.39 bits per heavy atom. The van der Waals surface area contributed by atoms with Gasteiger partial charge in [0, 0.05) is 6.54 Å². The maximum absolute atomic E-state index is 10.6. The van der Waals surface area contributed by atoms with Crippen LogP contribution in [0.3, 0.4) is 0 Å². The number of rotatable bonds is 7. The third-order valence-corrected chi connectivity index (χ3v) is 2.27. The standard InChI is InChI=1S/C12H15NO5/c1-8(12(16)17)13-6-9-2-4-10(5-3-9)18-7-11(14)15/h2-5,8,13H,6-7H2,1H3,(H,14,15)(H,16,17). The molecule has 3 N–H and O–H groups in total. The Hall–Kier alpha value is -2.08. The van der Waals surface area contributed by atoms with E-state index in [4.69, 9.17) is 14.9 Å². The van der Waals surface area contributed by atoms with Gasteiger partial charge in [0.05, 0.1) is 0 Å². The molecule has 0 spiro atoms. The molecular formula is C12H15NO5. The predicted molar refractivity (Wildman–Crippen MR) is 63.5 cm³/mol. The van der Waals surface area contributed by atoms with Crippen LogP contribution in [0.25, 0.3) is 0 Å². The van der Waals surface area contributed by atoms with Gasteiger partial charge in [0.15, 0.2) is 6.61 Å². The summed E-state index contributed by atoms with van der Waals surface area (Å²) in [5.41, 5.74) is 0.894. The van der Waals surface area contributed by atoms with Gasteiger partial charge >= 0.3 is 11.9 Å². The van der Waals surface area contributed by atoms with Gasteiger partial charge in [0.1, 0.15) is 11.8 Å². The Morgan fingerprint density at radius 2 is 1.89 bits per heavy atom. The van der Waals surface area contributed by atoms with Crippen molar-refractivity contribution in [3.05, 3.63) is 29.8 Å². The van der Waals surface area contributed by atoms with Crippen LogP contribution in [-0.2, 0) is 16.1 Å². The molecule has 0 amide bonds. The summed E-state index contributed by atoms with van der Waals surface area (Å²) >= 11 is 0. The number of hydrogen-bond donors (Lipinski definition) is 3. The minimum atomic E-state index is -1.03. The maximum atomic E-state index is 10.6. The fourth-order valence-electron chi connectivity index (χ4n) is 1.21. The summed E-state index contributed by atoms with van der Waals surface area (Å²) in [6, 6.07) is 6.17. The van der Waals surface area contributed by atoms with E-state index in [2.05, 4.69) is 5.32 Å². The topological polar surface area (TPSA) is 95.9 Å². The van der Waals surface area contributed by atoms with E-state index in [-0.39, 0.29) is 6.61 Å². The van der Waals surface area contributed by atoms with E-state index in [0.29, 0.717) is 12.3 Å². The van der Waals surface area contributed by atoms with Crippen molar-refractivity contribution in [2.45, 2.75) is 19.5 Å². The van der Waals surface area contributed by atoms with E-state index >= 15 is 0 Å². The first-order valence-corrected chi connectivity index (χ1v) is 5.38. The van der Waals surface area contributed by atoms with Gasteiger partial charge in [-0.05, 0) is 24.6 Å². The SMILES string of the molecule is CC(NCc1ccc(OCC(=O)O)cc1)C(=O)O. The molecule has 1 aromatic rings. The minimum absolute atomic E-state index is 0.381. The number of aliphatic carboxylic acids is 2. The first-order valence-electron chi connectivity index (χ1n) is 5.38. The lowest BCUT2D eigenvalue weighted by Gasteiger charge is -2.09. The van der Waals surface area contributed by atoms with Crippen molar-refractivity contribution >= 4 is 11.9 Å². The first kappa shape index (κ1) is 14.0. The van der Waals surface area contributed by atoms with Crippen LogP contribution in [0.2, 0.25) is 0 Å². The lowest BCUT2D eigenvalue weighted by Crippen LogP contribution is -2.33. The van der Waals surface area contributed by atoms with Gasteiger partial charge in [-0.2, -0.15) is 0 Å². The predicted octanol–water partition coefficient (Wildman–Crippen LogP) is 0.713. The number of carboxylic acid groups (broad SMARTS) is 2. The smallest absolute Gasteiger partial charge is 0.341 e. The van der Waals surface area contributed by atoms with Crippen LogP contribution in [-0.4, -0.2) is 34.8 Å². The summed E-state index contributed by atoms with van der Waals surface area (Å²) in [5, 5.41) is 20.0. The fourth-order valence-corrected chi connectivity index (χ4v) is 1.21. The Balaban J connectivity index is 2.45. The fraction of sp³-hybridized carbons (Fsp3) is 0.333. The minimum Gasteiger partial charge on any atom is -0.482 e. The quantitative estimate of drug-likeness (QED) is 0.662. The third-order valence-electron chi connectivity index (χ3n) is 2.27. The van der Waals surface area contributed by atoms with E-state index in [1.165, 1.54) is 0 Å². The maximum Gasteiger partial charge on any atom is 0.341 e.